The Balaban J connectivity index is 1.42. The minimum atomic E-state index is -3.96. The van der Waals surface area contributed by atoms with E-state index in [2.05, 4.69) is 20.3 Å². The van der Waals surface area contributed by atoms with Crippen molar-refractivity contribution in [3.8, 4) is 0 Å². The van der Waals surface area contributed by atoms with E-state index in [-0.39, 0.29) is 48.3 Å². The van der Waals surface area contributed by atoms with E-state index in [0.717, 1.165) is 5.56 Å². The number of halogens is 2. The number of carbonyl (C=O) groups excluding carboxylic acids is 1. The average Bonchev–Trinajstić information content (AvgIpc) is 2.85. The van der Waals surface area contributed by atoms with Gasteiger partial charge in [0, 0.05) is 42.5 Å². The molecule has 1 heterocycles. The number of hydrogen-bond donors (Lipinski definition) is 3. The summed E-state index contributed by atoms with van der Waals surface area (Å²) in [6, 6.07) is 17.2. The molecule has 0 atom stereocenters. The Hall–Kier alpha value is -3.01. The van der Waals surface area contributed by atoms with Crippen molar-refractivity contribution in [2.45, 2.75) is 29.3 Å². The zero-order chi connectivity index (χ0) is 24.9. The Bertz CT molecular complexity index is 1270. The van der Waals surface area contributed by atoms with Crippen LogP contribution in [-0.2, 0) is 15.4 Å². The smallest absolute Gasteiger partial charge is 0.252 e. The van der Waals surface area contributed by atoms with E-state index in [9.17, 15) is 17.6 Å². The number of pyridine rings is 1. The summed E-state index contributed by atoms with van der Waals surface area (Å²) in [5.74, 6) is -0.275. The van der Waals surface area contributed by atoms with E-state index in [0.29, 0.717) is 11.3 Å². The normalized spacial score (nSPS) is 19.5. The molecule has 4 rings (SSSR count). The zero-order valence-electron chi connectivity index (χ0n) is 18.9. The molecule has 0 aliphatic heterocycles. The molecule has 1 aliphatic rings. The molecule has 1 amide bonds. The van der Waals surface area contributed by atoms with Gasteiger partial charge in [0.15, 0.2) is 0 Å². The lowest BCUT2D eigenvalue weighted by Gasteiger charge is -2.45. The molecule has 1 fully saturated rings. The molecule has 7 nitrogen and oxygen atoms in total. The Kier molecular flexibility index (Phi) is 7.69. The molecule has 0 saturated heterocycles. The molecule has 0 spiro atoms. The molecule has 1 aliphatic carbocycles. The van der Waals surface area contributed by atoms with Crippen LogP contribution in [0.5, 0.6) is 0 Å². The van der Waals surface area contributed by atoms with Crippen molar-refractivity contribution in [1.29, 1.82) is 0 Å². The number of amides is 1. The topological polar surface area (TPSA) is 100 Å². The molecule has 0 radical (unpaired) electrons. The van der Waals surface area contributed by atoms with E-state index in [4.69, 9.17) is 11.6 Å². The van der Waals surface area contributed by atoms with Crippen LogP contribution in [0.3, 0.4) is 0 Å². The predicted octanol–water partition coefficient (Wildman–Crippen LogP) is 3.93. The summed E-state index contributed by atoms with van der Waals surface area (Å²) < 4.78 is 43.0. The van der Waals surface area contributed by atoms with Crippen molar-refractivity contribution in [1.82, 2.24) is 15.0 Å². The molecule has 10 heteroatoms. The molecule has 1 saturated carbocycles. The van der Waals surface area contributed by atoms with Gasteiger partial charge in [-0.1, -0.05) is 41.9 Å². The first-order valence-electron chi connectivity index (χ1n) is 11.2. The van der Waals surface area contributed by atoms with Gasteiger partial charge in [-0.3, -0.25) is 9.78 Å². The Labute approximate surface area is 209 Å². The maximum atomic E-state index is 13.9. The molecule has 184 valence electrons. The third-order valence-corrected chi connectivity index (χ3v) is 7.77. The molecule has 3 aromatic rings. The molecule has 0 bridgehead atoms. The average molecular weight is 517 g/mol. The van der Waals surface area contributed by atoms with Gasteiger partial charge < -0.3 is 10.6 Å². The first-order valence-corrected chi connectivity index (χ1v) is 13.1. The number of alkyl halides is 1. The number of carbonyl (C=O) groups is 1. The van der Waals surface area contributed by atoms with Crippen LogP contribution in [-0.4, -0.2) is 45.1 Å². The highest BCUT2D eigenvalue weighted by molar-refractivity contribution is 7.89. The van der Waals surface area contributed by atoms with Crippen molar-refractivity contribution in [2.75, 3.05) is 25.0 Å². The first kappa shape index (κ1) is 25.1. The maximum absolute atomic E-state index is 13.9. The van der Waals surface area contributed by atoms with Gasteiger partial charge in [0.2, 0.25) is 10.0 Å². The van der Waals surface area contributed by atoms with E-state index in [1.54, 1.807) is 30.5 Å². The van der Waals surface area contributed by atoms with E-state index in [1.165, 1.54) is 12.3 Å². The Morgan fingerprint density at radius 2 is 1.86 bits per heavy atom. The van der Waals surface area contributed by atoms with E-state index >= 15 is 0 Å². The highest BCUT2D eigenvalue weighted by atomic mass is 35.5. The van der Waals surface area contributed by atoms with Gasteiger partial charge in [0.05, 0.1) is 11.3 Å². The van der Waals surface area contributed by atoms with Crippen molar-refractivity contribution >= 4 is 33.2 Å². The van der Waals surface area contributed by atoms with Crippen LogP contribution in [0.1, 0.15) is 28.8 Å². The highest BCUT2D eigenvalue weighted by Gasteiger charge is 2.46. The van der Waals surface area contributed by atoms with Gasteiger partial charge in [0.1, 0.15) is 11.1 Å². The maximum Gasteiger partial charge on any atom is 0.252 e. The second kappa shape index (κ2) is 10.7. The number of anilines is 1. The zero-order valence-corrected chi connectivity index (χ0v) is 20.4. The van der Waals surface area contributed by atoms with Gasteiger partial charge in [-0.2, -0.15) is 0 Å². The second-order valence-electron chi connectivity index (χ2n) is 8.54. The highest BCUT2D eigenvalue weighted by Crippen LogP contribution is 2.45. The first-order chi connectivity index (χ1) is 16.8. The number of benzene rings is 2. The number of hydrogen-bond acceptors (Lipinski definition) is 5. The van der Waals surface area contributed by atoms with Crippen LogP contribution >= 0.6 is 11.6 Å². The van der Waals surface area contributed by atoms with Crippen molar-refractivity contribution in [2.24, 2.45) is 0 Å². The number of aromatic nitrogens is 1. The summed E-state index contributed by atoms with van der Waals surface area (Å²) in [4.78, 5) is 16.1. The molecule has 0 unspecified atom stereocenters. The van der Waals surface area contributed by atoms with Crippen molar-refractivity contribution in [3.05, 3.63) is 89.2 Å². The summed E-state index contributed by atoms with van der Waals surface area (Å²) in [5, 5.41) is 6.07. The summed E-state index contributed by atoms with van der Waals surface area (Å²) >= 11 is 6.10. The lowest BCUT2D eigenvalue weighted by Crippen LogP contribution is -2.50. The monoisotopic (exact) mass is 516 g/mol. The molecular weight excluding hydrogens is 491 g/mol. The molecule has 3 N–H and O–H groups in total. The fraction of sp³-hybridized carbons (Fsp3) is 0.280. The number of sulfonamides is 1. The number of nitrogens with zero attached hydrogens (tertiary/aromatic N) is 1. The van der Waals surface area contributed by atoms with Crippen LogP contribution in [0, 0.1) is 0 Å². The predicted molar refractivity (Wildman–Crippen MR) is 134 cm³/mol. The summed E-state index contributed by atoms with van der Waals surface area (Å²) in [6.07, 6.45) is 2.61. The van der Waals surface area contributed by atoms with Crippen LogP contribution in [0.2, 0.25) is 5.02 Å². The molecule has 35 heavy (non-hydrogen) atoms. The summed E-state index contributed by atoms with van der Waals surface area (Å²) in [5.41, 5.74) is 1.11. The lowest BCUT2D eigenvalue weighted by molar-refractivity contribution is 0.0953. The molecular formula is C25H26ClFN4O3S. The number of nitrogens with one attached hydrogen (secondary N) is 3. The van der Waals surface area contributed by atoms with E-state index in [1.807, 2.05) is 30.3 Å². The minimum Gasteiger partial charge on any atom is -0.382 e. The van der Waals surface area contributed by atoms with Gasteiger partial charge in [-0.05, 0) is 48.7 Å². The second-order valence-corrected chi connectivity index (χ2v) is 10.7. The molecule has 2 aromatic carbocycles. The van der Waals surface area contributed by atoms with Crippen LogP contribution in [0.4, 0.5) is 10.1 Å². The van der Waals surface area contributed by atoms with Gasteiger partial charge in [-0.25, -0.2) is 17.5 Å². The Morgan fingerprint density at radius 1 is 1.09 bits per heavy atom. The quantitative estimate of drug-likeness (QED) is 0.355. The number of rotatable bonds is 10. The fourth-order valence-corrected chi connectivity index (χ4v) is 5.78. The van der Waals surface area contributed by atoms with Gasteiger partial charge >= 0.3 is 0 Å². The van der Waals surface area contributed by atoms with E-state index < -0.39 is 21.6 Å². The van der Waals surface area contributed by atoms with Crippen molar-refractivity contribution < 1.29 is 17.6 Å². The van der Waals surface area contributed by atoms with Crippen LogP contribution in [0.25, 0.3) is 0 Å². The third kappa shape index (κ3) is 5.98. The summed E-state index contributed by atoms with van der Waals surface area (Å²) in [6.45, 7) is 0.624. The largest absolute Gasteiger partial charge is 0.382 e. The standard InChI is InChI=1S/C25H26ClFN4O3S/c26-20-8-9-22(29-11-12-30-24(32)18-5-4-10-28-16-18)23(13-20)35(33,34)31-17-25(14-21(27)15-25)19-6-2-1-3-7-19/h1-10,13,16,21,29,31H,11-12,14-15,17H2,(H,30,32). The van der Waals surface area contributed by atoms with Gasteiger partial charge in [0.25, 0.3) is 5.91 Å². The third-order valence-electron chi connectivity index (χ3n) is 6.09. The Morgan fingerprint density at radius 3 is 2.54 bits per heavy atom. The SMILES string of the molecule is O=C(NCCNc1ccc(Cl)cc1S(=O)(=O)NCC1(c2ccccc2)CC(F)C1)c1cccnc1. The van der Waals surface area contributed by atoms with Gasteiger partial charge in [-0.15, -0.1) is 0 Å². The van der Waals surface area contributed by atoms with Crippen molar-refractivity contribution in [3.63, 3.8) is 0 Å². The minimum absolute atomic E-state index is 0.0112. The van der Waals surface area contributed by atoms with Crippen LogP contribution < -0.4 is 15.4 Å². The lowest BCUT2D eigenvalue weighted by atomic mass is 9.63. The van der Waals surface area contributed by atoms with Crippen LogP contribution in [0.15, 0.2) is 78.0 Å². The molecule has 1 aromatic heterocycles. The fourth-order valence-electron chi connectivity index (χ4n) is 4.21. The summed E-state index contributed by atoms with van der Waals surface area (Å²) in [7, 11) is -3.96.